The number of aliphatic imine (C=N–C) groups is 1. The molecule has 0 radical (unpaired) electrons. The number of nitrogens with zero attached hydrogens (tertiary/aromatic N) is 2. The molecule has 0 fully saturated rings. The van der Waals surface area contributed by atoms with Crippen molar-refractivity contribution in [1.29, 1.82) is 0 Å². The molecule has 1 amide bonds. The van der Waals surface area contributed by atoms with Crippen molar-refractivity contribution in [3.8, 4) is 0 Å². The van der Waals surface area contributed by atoms with Crippen molar-refractivity contribution >= 4 is 23.1 Å². The minimum Gasteiger partial charge on any atom is -0.327 e. The van der Waals surface area contributed by atoms with Crippen LogP contribution in [0.4, 0.5) is 11.4 Å². The van der Waals surface area contributed by atoms with Gasteiger partial charge in [0, 0.05) is 24.3 Å². The Morgan fingerprint density at radius 3 is 2.48 bits per heavy atom. The van der Waals surface area contributed by atoms with E-state index < -0.39 is 0 Å². The Bertz CT molecular complexity index is 517. The fourth-order valence-corrected chi connectivity index (χ4v) is 1.81. The van der Waals surface area contributed by atoms with Crippen molar-refractivity contribution in [3.05, 3.63) is 49.6 Å². The molecule has 0 aliphatic carbocycles. The van der Waals surface area contributed by atoms with Gasteiger partial charge in [0.1, 0.15) is 5.84 Å². The van der Waals surface area contributed by atoms with Gasteiger partial charge < -0.3 is 10.2 Å². The summed E-state index contributed by atoms with van der Waals surface area (Å²) in [5.41, 5.74) is 1.81. The molecule has 0 aliphatic heterocycles. The van der Waals surface area contributed by atoms with Crippen molar-refractivity contribution in [2.45, 2.75) is 20.3 Å². The highest BCUT2D eigenvalue weighted by atomic mass is 16.1. The Morgan fingerprint density at radius 1 is 1.29 bits per heavy atom. The average Bonchev–Trinajstić information content (AvgIpc) is 2.51. The van der Waals surface area contributed by atoms with Crippen molar-refractivity contribution < 1.29 is 4.79 Å². The number of anilines is 2. The van der Waals surface area contributed by atoms with Crippen LogP contribution in [0.5, 0.6) is 0 Å². The van der Waals surface area contributed by atoms with Crippen LogP contribution in [0.3, 0.4) is 0 Å². The van der Waals surface area contributed by atoms with Crippen molar-refractivity contribution in [3.63, 3.8) is 0 Å². The van der Waals surface area contributed by atoms with Gasteiger partial charge in [-0.2, -0.15) is 0 Å². The minimum absolute atomic E-state index is 0.00873. The first-order valence-electron chi connectivity index (χ1n) is 7.02. The van der Waals surface area contributed by atoms with E-state index >= 15 is 0 Å². The van der Waals surface area contributed by atoms with Gasteiger partial charge in [-0.15, -0.1) is 13.2 Å². The van der Waals surface area contributed by atoms with Crippen LogP contribution in [0.2, 0.25) is 0 Å². The fourth-order valence-electron chi connectivity index (χ4n) is 1.81. The maximum Gasteiger partial charge on any atom is 0.224 e. The van der Waals surface area contributed by atoms with Gasteiger partial charge in [0.05, 0.1) is 6.54 Å². The molecule has 1 aromatic carbocycles. The van der Waals surface area contributed by atoms with Gasteiger partial charge in [0.15, 0.2) is 0 Å². The van der Waals surface area contributed by atoms with Gasteiger partial charge in [-0.05, 0) is 31.2 Å². The number of carbonyl (C=O) groups is 1. The molecule has 1 rings (SSSR count). The van der Waals surface area contributed by atoms with Gasteiger partial charge in [-0.25, -0.2) is 0 Å². The molecule has 0 aromatic heterocycles. The molecular weight excluding hydrogens is 262 g/mol. The molecule has 21 heavy (non-hydrogen) atoms. The number of nitrogens with one attached hydrogen (secondary N) is 1. The summed E-state index contributed by atoms with van der Waals surface area (Å²) in [4.78, 5) is 17.9. The highest BCUT2D eigenvalue weighted by molar-refractivity contribution is 5.97. The second-order valence-corrected chi connectivity index (χ2v) is 4.52. The van der Waals surface area contributed by atoms with Crippen LogP contribution in [0, 0.1) is 0 Å². The maximum atomic E-state index is 11.4. The Labute approximate surface area is 126 Å². The summed E-state index contributed by atoms with van der Waals surface area (Å²) in [6.07, 6.45) is 4.07. The summed E-state index contributed by atoms with van der Waals surface area (Å²) < 4.78 is 0. The van der Waals surface area contributed by atoms with E-state index in [-0.39, 0.29) is 5.91 Å². The normalized spacial score (nSPS) is 10.9. The van der Waals surface area contributed by atoms with E-state index in [2.05, 4.69) is 28.4 Å². The molecule has 0 heterocycles. The summed E-state index contributed by atoms with van der Waals surface area (Å²) in [6, 6.07) is 7.70. The van der Waals surface area contributed by atoms with E-state index in [1.165, 1.54) is 0 Å². The van der Waals surface area contributed by atoms with E-state index in [1.807, 2.05) is 44.2 Å². The molecule has 0 saturated heterocycles. The van der Waals surface area contributed by atoms with Crippen LogP contribution in [0.1, 0.15) is 20.3 Å². The van der Waals surface area contributed by atoms with Crippen LogP contribution in [0.15, 0.2) is 54.6 Å². The summed E-state index contributed by atoms with van der Waals surface area (Å²) in [5, 5.41) is 2.83. The van der Waals surface area contributed by atoms with Gasteiger partial charge >= 0.3 is 0 Å². The summed E-state index contributed by atoms with van der Waals surface area (Å²) in [7, 11) is 0. The summed E-state index contributed by atoms with van der Waals surface area (Å²) in [6.45, 7) is 12.5. The molecule has 112 valence electrons. The molecule has 4 heteroatoms. The lowest BCUT2D eigenvalue weighted by Gasteiger charge is -2.23. The molecule has 1 N–H and O–H groups in total. The standard InChI is InChI=1S/C17H23N3O/c1-5-12-18-14(4)20(13-6-2)16-10-8-15(9-11-16)19-17(21)7-3/h5-6,8-11H,1-2,7,12-13H2,3-4H3,(H,19,21). The number of hydrogen-bond donors (Lipinski definition) is 1. The Kier molecular flexibility index (Phi) is 6.95. The zero-order valence-corrected chi connectivity index (χ0v) is 12.8. The van der Waals surface area contributed by atoms with Crippen LogP contribution in [-0.4, -0.2) is 24.8 Å². The number of hydrogen-bond acceptors (Lipinski definition) is 2. The monoisotopic (exact) mass is 285 g/mol. The first-order chi connectivity index (χ1) is 10.1. The molecule has 0 unspecified atom stereocenters. The lowest BCUT2D eigenvalue weighted by atomic mass is 10.2. The topological polar surface area (TPSA) is 44.7 Å². The first kappa shape index (κ1) is 16.7. The van der Waals surface area contributed by atoms with E-state index in [0.717, 1.165) is 17.2 Å². The lowest BCUT2D eigenvalue weighted by molar-refractivity contribution is -0.115. The fraction of sp³-hybridized carbons (Fsp3) is 0.294. The third-order valence-electron chi connectivity index (χ3n) is 2.94. The van der Waals surface area contributed by atoms with Gasteiger partial charge in [0.25, 0.3) is 0 Å². The van der Waals surface area contributed by atoms with Crippen molar-refractivity contribution in [2.75, 3.05) is 23.3 Å². The molecule has 0 atom stereocenters. The molecule has 0 bridgehead atoms. The van der Waals surface area contributed by atoms with E-state index in [0.29, 0.717) is 19.5 Å². The largest absolute Gasteiger partial charge is 0.327 e. The van der Waals surface area contributed by atoms with Gasteiger partial charge in [0.2, 0.25) is 5.91 Å². The van der Waals surface area contributed by atoms with Gasteiger partial charge in [-0.1, -0.05) is 19.1 Å². The highest BCUT2D eigenvalue weighted by Gasteiger charge is 2.08. The second kappa shape index (κ2) is 8.74. The van der Waals surface area contributed by atoms with E-state index in [9.17, 15) is 4.79 Å². The van der Waals surface area contributed by atoms with Crippen LogP contribution < -0.4 is 10.2 Å². The molecular formula is C17H23N3O. The molecule has 0 aliphatic rings. The van der Waals surface area contributed by atoms with E-state index in [4.69, 9.17) is 0 Å². The molecule has 4 nitrogen and oxygen atoms in total. The van der Waals surface area contributed by atoms with Gasteiger partial charge in [-0.3, -0.25) is 9.79 Å². The first-order valence-corrected chi connectivity index (χ1v) is 7.02. The third-order valence-corrected chi connectivity index (χ3v) is 2.94. The molecule has 0 saturated carbocycles. The number of benzene rings is 1. The number of amides is 1. The zero-order chi connectivity index (χ0) is 15.7. The maximum absolute atomic E-state index is 11.4. The number of rotatable bonds is 7. The number of carbonyl (C=O) groups excluding carboxylic acids is 1. The molecule has 0 spiro atoms. The van der Waals surface area contributed by atoms with Crippen molar-refractivity contribution in [1.82, 2.24) is 0 Å². The van der Waals surface area contributed by atoms with Crippen molar-refractivity contribution in [2.24, 2.45) is 4.99 Å². The zero-order valence-electron chi connectivity index (χ0n) is 12.8. The van der Waals surface area contributed by atoms with Crippen LogP contribution in [-0.2, 0) is 4.79 Å². The smallest absolute Gasteiger partial charge is 0.224 e. The average molecular weight is 285 g/mol. The summed E-state index contributed by atoms with van der Waals surface area (Å²) >= 11 is 0. The number of amidine groups is 1. The Hall–Kier alpha value is -2.36. The predicted molar refractivity (Wildman–Crippen MR) is 91.1 cm³/mol. The predicted octanol–water partition coefficient (Wildman–Crippen LogP) is 3.63. The summed E-state index contributed by atoms with van der Waals surface area (Å²) in [5.74, 6) is 0.912. The minimum atomic E-state index is 0.00873. The quantitative estimate of drug-likeness (QED) is 0.472. The SMILES string of the molecule is C=CCN=C(C)N(CC=C)c1ccc(NC(=O)CC)cc1. The second-order valence-electron chi connectivity index (χ2n) is 4.52. The van der Waals surface area contributed by atoms with Crippen LogP contribution in [0.25, 0.3) is 0 Å². The Balaban J connectivity index is 2.91. The third kappa shape index (κ3) is 5.26. The van der Waals surface area contributed by atoms with Crippen LogP contribution >= 0.6 is 0 Å². The highest BCUT2D eigenvalue weighted by Crippen LogP contribution is 2.19. The van der Waals surface area contributed by atoms with E-state index in [1.54, 1.807) is 6.08 Å². The Morgan fingerprint density at radius 2 is 1.95 bits per heavy atom. The lowest BCUT2D eigenvalue weighted by Crippen LogP contribution is -2.29. The molecule has 1 aromatic rings.